The largest absolute Gasteiger partial charge is 0.380 e. The van der Waals surface area contributed by atoms with Crippen molar-refractivity contribution in [2.24, 2.45) is 0 Å². The van der Waals surface area contributed by atoms with Crippen molar-refractivity contribution in [3.8, 4) is 0 Å². The third-order valence-electron chi connectivity index (χ3n) is 3.03. The van der Waals surface area contributed by atoms with Crippen LogP contribution >= 0.6 is 0 Å². The first-order valence-corrected chi connectivity index (χ1v) is 6.56. The molecule has 0 aliphatic carbocycles. The van der Waals surface area contributed by atoms with Crippen LogP contribution in [0.1, 0.15) is 19.8 Å². The molecule has 2 rings (SSSR count). The number of nitrogens with zero attached hydrogens (tertiary/aromatic N) is 2. The van der Waals surface area contributed by atoms with Gasteiger partial charge in [0.1, 0.15) is 0 Å². The Hall–Kier alpha value is -1.55. The summed E-state index contributed by atoms with van der Waals surface area (Å²) in [4.78, 5) is 2.28. The molecule has 0 aromatic carbocycles. The molecule has 0 bridgehead atoms. The van der Waals surface area contributed by atoms with Gasteiger partial charge in [-0.2, -0.15) is 5.10 Å². The number of aromatic amines is 1. The maximum atomic E-state index is 5.48. The number of ether oxygens (including phenoxy) is 1. The van der Waals surface area contributed by atoms with Crippen LogP contribution in [-0.4, -0.2) is 36.5 Å². The van der Waals surface area contributed by atoms with Gasteiger partial charge in [-0.1, -0.05) is 25.7 Å². The standard InChI is InChI=1S/C14H21N3O/c1-3-6-12-13(7-4-2)15-16-14(12)17-8-5-10-18-11-9-17/h3,6-7,15H,1,4-5,8-11H2,2H3/b12-6+,13-7+. The number of hydrogen-bond donors (Lipinski definition) is 1. The first-order valence-electron chi connectivity index (χ1n) is 6.56. The Kier molecular flexibility index (Phi) is 4.59. The van der Waals surface area contributed by atoms with Crippen molar-refractivity contribution in [1.29, 1.82) is 0 Å². The third kappa shape index (κ3) is 2.82. The quantitative estimate of drug-likeness (QED) is 0.858. The van der Waals surface area contributed by atoms with Crippen LogP contribution in [0.2, 0.25) is 0 Å². The molecule has 1 saturated heterocycles. The van der Waals surface area contributed by atoms with Crippen molar-refractivity contribution in [1.82, 2.24) is 10.2 Å². The van der Waals surface area contributed by atoms with Crippen molar-refractivity contribution < 1.29 is 4.74 Å². The van der Waals surface area contributed by atoms with E-state index >= 15 is 0 Å². The summed E-state index contributed by atoms with van der Waals surface area (Å²) in [5, 5.41) is 9.78. The summed E-state index contributed by atoms with van der Waals surface area (Å²) in [6.45, 7) is 9.42. The molecule has 1 aliphatic heterocycles. The second-order valence-corrected chi connectivity index (χ2v) is 4.34. The molecule has 0 radical (unpaired) electrons. The summed E-state index contributed by atoms with van der Waals surface area (Å²) < 4.78 is 5.48. The van der Waals surface area contributed by atoms with Gasteiger partial charge in [-0.15, -0.1) is 0 Å². The predicted octanol–water partition coefficient (Wildman–Crippen LogP) is 0.793. The van der Waals surface area contributed by atoms with Crippen molar-refractivity contribution in [3.05, 3.63) is 23.2 Å². The van der Waals surface area contributed by atoms with E-state index < -0.39 is 0 Å². The Labute approximate surface area is 108 Å². The van der Waals surface area contributed by atoms with Gasteiger partial charge in [0, 0.05) is 24.9 Å². The van der Waals surface area contributed by atoms with E-state index in [2.05, 4.69) is 34.7 Å². The lowest BCUT2D eigenvalue weighted by Gasteiger charge is -2.18. The lowest BCUT2D eigenvalue weighted by molar-refractivity contribution is 0.152. The van der Waals surface area contributed by atoms with Gasteiger partial charge in [-0.3, -0.25) is 5.10 Å². The molecule has 0 unspecified atom stereocenters. The highest BCUT2D eigenvalue weighted by molar-refractivity contribution is 5.50. The monoisotopic (exact) mass is 247 g/mol. The van der Waals surface area contributed by atoms with E-state index in [0.717, 1.165) is 55.5 Å². The van der Waals surface area contributed by atoms with Gasteiger partial charge in [-0.05, 0) is 18.9 Å². The number of anilines is 1. The summed E-state index contributed by atoms with van der Waals surface area (Å²) in [5.41, 5.74) is 0. The van der Waals surface area contributed by atoms with Crippen molar-refractivity contribution in [2.75, 3.05) is 31.2 Å². The second-order valence-electron chi connectivity index (χ2n) is 4.34. The molecule has 1 aromatic rings. The minimum absolute atomic E-state index is 0.771. The molecule has 98 valence electrons. The Bertz CT molecular complexity index is 496. The normalized spacial score (nSPS) is 19.1. The minimum Gasteiger partial charge on any atom is -0.380 e. The SMILES string of the molecule is C=C/C=c1/c(N2CCCOCC2)n[nH]/c1=C/CC. The third-order valence-corrected chi connectivity index (χ3v) is 3.03. The van der Waals surface area contributed by atoms with E-state index in [9.17, 15) is 0 Å². The number of nitrogens with one attached hydrogen (secondary N) is 1. The summed E-state index contributed by atoms with van der Waals surface area (Å²) >= 11 is 0. The minimum atomic E-state index is 0.771. The lowest BCUT2D eigenvalue weighted by atomic mass is 10.3. The summed E-state index contributed by atoms with van der Waals surface area (Å²) in [6.07, 6.45) is 8.03. The molecule has 0 saturated carbocycles. The maximum Gasteiger partial charge on any atom is 0.158 e. The van der Waals surface area contributed by atoms with Gasteiger partial charge in [-0.25, -0.2) is 0 Å². The average molecular weight is 247 g/mol. The number of aromatic nitrogens is 2. The summed E-state index contributed by atoms with van der Waals surface area (Å²) in [7, 11) is 0. The van der Waals surface area contributed by atoms with Crippen molar-refractivity contribution >= 4 is 18.0 Å². The van der Waals surface area contributed by atoms with Gasteiger partial charge in [0.2, 0.25) is 0 Å². The molecule has 1 N–H and O–H groups in total. The zero-order valence-corrected chi connectivity index (χ0v) is 11.0. The number of allylic oxidation sites excluding steroid dienone is 1. The smallest absolute Gasteiger partial charge is 0.158 e. The predicted molar refractivity (Wildman–Crippen MR) is 74.9 cm³/mol. The molecular formula is C14H21N3O. The fourth-order valence-corrected chi connectivity index (χ4v) is 2.19. The van der Waals surface area contributed by atoms with E-state index in [1.54, 1.807) is 0 Å². The highest BCUT2D eigenvalue weighted by Gasteiger charge is 2.13. The van der Waals surface area contributed by atoms with Crippen LogP contribution in [0.15, 0.2) is 12.7 Å². The van der Waals surface area contributed by atoms with Crippen LogP contribution in [0, 0.1) is 0 Å². The molecule has 1 aliphatic rings. The highest BCUT2D eigenvalue weighted by Crippen LogP contribution is 2.06. The molecule has 4 heteroatoms. The van der Waals surface area contributed by atoms with Gasteiger partial charge in [0.05, 0.1) is 12.0 Å². The van der Waals surface area contributed by atoms with Crippen molar-refractivity contribution in [3.63, 3.8) is 0 Å². The first-order chi connectivity index (χ1) is 8.86. The number of hydrogen-bond acceptors (Lipinski definition) is 3. The van der Waals surface area contributed by atoms with Gasteiger partial charge >= 0.3 is 0 Å². The molecule has 0 spiro atoms. The molecule has 1 fully saturated rings. The van der Waals surface area contributed by atoms with Gasteiger partial charge < -0.3 is 9.64 Å². The Morgan fingerprint density at radius 1 is 1.44 bits per heavy atom. The van der Waals surface area contributed by atoms with Crippen LogP contribution in [0.4, 0.5) is 5.82 Å². The molecule has 2 heterocycles. The zero-order valence-electron chi connectivity index (χ0n) is 11.0. The number of rotatable bonds is 3. The van der Waals surface area contributed by atoms with Gasteiger partial charge in [0.15, 0.2) is 5.82 Å². The van der Waals surface area contributed by atoms with E-state index in [0.29, 0.717) is 0 Å². The zero-order chi connectivity index (χ0) is 12.8. The Morgan fingerprint density at radius 2 is 2.33 bits per heavy atom. The van der Waals surface area contributed by atoms with Crippen molar-refractivity contribution in [2.45, 2.75) is 19.8 Å². The molecule has 1 aromatic heterocycles. The molecular weight excluding hydrogens is 226 g/mol. The van der Waals surface area contributed by atoms with Crippen LogP contribution < -0.4 is 15.5 Å². The molecule has 0 atom stereocenters. The van der Waals surface area contributed by atoms with Crippen LogP contribution in [0.3, 0.4) is 0 Å². The van der Waals surface area contributed by atoms with E-state index in [1.807, 2.05) is 12.2 Å². The lowest BCUT2D eigenvalue weighted by Crippen LogP contribution is -2.33. The Balaban J connectivity index is 2.40. The summed E-state index contributed by atoms with van der Waals surface area (Å²) in [5.74, 6) is 1.01. The fraction of sp³-hybridized carbons (Fsp3) is 0.500. The first kappa shape index (κ1) is 12.9. The van der Waals surface area contributed by atoms with Crippen LogP contribution in [0.25, 0.3) is 12.2 Å². The summed E-state index contributed by atoms with van der Waals surface area (Å²) in [6, 6.07) is 0. The second kappa shape index (κ2) is 6.40. The molecule has 18 heavy (non-hydrogen) atoms. The van der Waals surface area contributed by atoms with E-state index in [1.165, 1.54) is 0 Å². The van der Waals surface area contributed by atoms with E-state index in [4.69, 9.17) is 4.74 Å². The maximum absolute atomic E-state index is 5.48. The number of H-pyrrole nitrogens is 1. The Morgan fingerprint density at radius 3 is 3.11 bits per heavy atom. The highest BCUT2D eigenvalue weighted by atomic mass is 16.5. The topological polar surface area (TPSA) is 41.1 Å². The van der Waals surface area contributed by atoms with E-state index in [-0.39, 0.29) is 0 Å². The molecule has 0 amide bonds. The molecule has 4 nitrogen and oxygen atoms in total. The fourth-order valence-electron chi connectivity index (χ4n) is 2.19. The average Bonchev–Trinajstić information content (AvgIpc) is 2.62. The van der Waals surface area contributed by atoms with Gasteiger partial charge in [0.25, 0.3) is 0 Å². The van der Waals surface area contributed by atoms with Crippen LogP contribution in [-0.2, 0) is 4.74 Å². The van der Waals surface area contributed by atoms with Crippen LogP contribution in [0.5, 0.6) is 0 Å².